The molecule has 1 amide bonds. The molecule has 0 aliphatic carbocycles. The molecule has 2 atom stereocenters. The summed E-state index contributed by atoms with van der Waals surface area (Å²) in [4.78, 5) is 11.9. The molecule has 0 fully saturated rings. The van der Waals surface area contributed by atoms with E-state index >= 15 is 0 Å². The number of para-hydroxylation sites is 1. The average molecular weight is 273 g/mol. The first-order valence-corrected chi connectivity index (χ1v) is 5.69. The van der Waals surface area contributed by atoms with Crippen LogP contribution >= 0.6 is 12.4 Å². The minimum absolute atomic E-state index is 0. The van der Waals surface area contributed by atoms with E-state index in [1.807, 2.05) is 38.1 Å². The Balaban J connectivity index is 0.00000289. The number of nitrogens with one attached hydrogen (secondary N) is 1. The highest BCUT2D eigenvalue weighted by Gasteiger charge is 2.17. The Bertz CT molecular complexity index is 383. The van der Waals surface area contributed by atoms with Gasteiger partial charge in [0.2, 0.25) is 5.91 Å². The van der Waals surface area contributed by atoms with Crippen LogP contribution in [0.25, 0.3) is 0 Å². The summed E-state index contributed by atoms with van der Waals surface area (Å²) in [7, 11) is 1.63. The molecule has 0 saturated heterocycles. The Morgan fingerprint density at radius 2 is 2.00 bits per heavy atom. The molecule has 3 N–H and O–H groups in total. The third kappa shape index (κ3) is 4.64. The van der Waals surface area contributed by atoms with Crippen LogP contribution < -0.4 is 11.1 Å². The number of rotatable bonds is 5. The van der Waals surface area contributed by atoms with Crippen molar-refractivity contribution in [3.63, 3.8) is 0 Å². The van der Waals surface area contributed by atoms with E-state index in [1.54, 1.807) is 7.11 Å². The number of halogens is 1. The molecule has 0 aliphatic heterocycles. The van der Waals surface area contributed by atoms with Crippen molar-refractivity contribution in [2.75, 3.05) is 12.4 Å². The van der Waals surface area contributed by atoms with Gasteiger partial charge in [-0.25, -0.2) is 0 Å². The van der Waals surface area contributed by atoms with Crippen LogP contribution in [0.2, 0.25) is 0 Å². The molecular weight excluding hydrogens is 252 g/mol. The zero-order valence-corrected chi connectivity index (χ0v) is 11.8. The van der Waals surface area contributed by atoms with Gasteiger partial charge in [0, 0.05) is 24.4 Å². The predicted molar refractivity (Wildman–Crippen MR) is 75.8 cm³/mol. The van der Waals surface area contributed by atoms with Gasteiger partial charge in [-0.3, -0.25) is 4.79 Å². The number of nitrogens with two attached hydrogens (primary N) is 1. The summed E-state index contributed by atoms with van der Waals surface area (Å²) in [5.41, 5.74) is 7.44. The van der Waals surface area contributed by atoms with Crippen LogP contribution in [-0.2, 0) is 16.1 Å². The third-order valence-electron chi connectivity index (χ3n) is 2.78. The minimum Gasteiger partial charge on any atom is -0.380 e. The number of carbonyl (C=O) groups excluding carboxylic acids is 1. The SMILES string of the molecule is COCc1ccccc1NC(=O)C(C)C(C)N.Cl. The fourth-order valence-electron chi connectivity index (χ4n) is 1.41. The van der Waals surface area contributed by atoms with E-state index < -0.39 is 0 Å². The van der Waals surface area contributed by atoms with Crippen LogP contribution in [0.1, 0.15) is 19.4 Å². The number of ether oxygens (including phenoxy) is 1. The number of hydrogen-bond acceptors (Lipinski definition) is 3. The molecule has 0 saturated carbocycles. The van der Waals surface area contributed by atoms with Gasteiger partial charge < -0.3 is 15.8 Å². The maximum Gasteiger partial charge on any atom is 0.228 e. The molecular formula is C13H21ClN2O2. The van der Waals surface area contributed by atoms with Gasteiger partial charge in [0.05, 0.1) is 12.5 Å². The average Bonchev–Trinajstić information content (AvgIpc) is 2.30. The lowest BCUT2D eigenvalue weighted by Gasteiger charge is -2.17. The Morgan fingerprint density at radius 1 is 1.39 bits per heavy atom. The van der Waals surface area contributed by atoms with Crippen molar-refractivity contribution < 1.29 is 9.53 Å². The van der Waals surface area contributed by atoms with Crippen molar-refractivity contribution >= 4 is 24.0 Å². The fourth-order valence-corrected chi connectivity index (χ4v) is 1.41. The lowest BCUT2D eigenvalue weighted by molar-refractivity contribution is -0.119. The number of anilines is 1. The monoisotopic (exact) mass is 272 g/mol. The van der Waals surface area contributed by atoms with Gasteiger partial charge in [-0.05, 0) is 13.0 Å². The normalized spacial score (nSPS) is 13.3. The fraction of sp³-hybridized carbons (Fsp3) is 0.462. The first-order valence-electron chi connectivity index (χ1n) is 5.69. The maximum atomic E-state index is 11.9. The second-order valence-electron chi connectivity index (χ2n) is 4.23. The van der Waals surface area contributed by atoms with Gasteiger partial charge >= 0.3 is 0 Å². The zero-order chi connectivity index (χ0) is 12.8. The lowest BCUT2D eigenvalue weighted by atomic mass is 10.0. The topological polar surface area (TPSA) is 64.3 Å². The van der Waals surface area contributed by atoms with Crippen LogP contribution in [0.3, 0.4) is 0 Å². The number of methoxy groups -OCH3 is 1. The zero-order valence-electron chi connectivity index (χ0n) is 11.0. The predicted octanol–water partition coefficient (Wildman–Crippen LogP) is 2.18. The summed E-state index contributed by atoms with van der Waals surface area (Å²) >= 11 is 0. The summed E-state index contributed by atoms with van der Waals surface area (Å²) in [5, 5.41) is 2.88. The van der Waals surface area contributed by atoms with Gasteiger partial charge in [-0.2, -0.15) is 0 Å². The molecule has 18 heavy (non-hydrogen) atoms. The first-order chi connectivity index (χ1) is 8.06. The molecule has 1 aromatic rings. The first kappa shape index (κ1) is 16.9. The highest BCUT2D eigenvalue weighted by Crippen LogP contribution is 2.17. The Labute approximate surface area is 114 Å². The Morgan fingerprint density at radius 3 is 2.56 bits per heavy atom. The van der Waals surface area contributed by atoms with E-state index in [2.05, 4.69) is 5.32 Å². The summed E-state index contributed by atoms with van der Waals surface area (Å²) in [6.45, 7) is 4.12. The van der Waals surface area contributed by atoms with Crippen LogP contribution in [0, 0.1) is 5.92 Å². The summed E-state index contributed by atoms with van der Waals surface area (Å²) in [6.07, 6.45) is 0. The molecule has 4 nitrogen and oxygen atoms in total. The smallest absolute Gasteiger partial charge is 0.228 e. The van der Waals surface area contributed by atoms with Crippen LogP contribution in [-0.4, -0.2) is 19.1 Å². The highest BCUT2D eigenvalue weighted by molar-refractivity contribution is 5.93. The molecule has 1 aromatic carbocycles. The van der Waals surface area contributed by atoms with Gasteiger partial charge in [-0.1, -0.05) is 25.1 Å². The molecule has 0 heterocycles. The van der Waals surface area contributed by atoms with E-state index in [4.69, 9.17) is 10.5 Å². The standard InChI is InChI=1S/C13H20N2O2.ClH/c1-9(10(2)14)13(16)15-12-7-5-4-6-11(12)8-17-3;/h4-7,9-10H,8,14H2,1-3H3,(H,15,16);1H. The summed E-state index contributed by atoms with van der Waals surface area (Å²) in [6, 6.07) is 7.42. The second-order valence-corrected chi connectivity index (χ2v) is 4.23. The van der Waals surface area contributed by atoms with Gasteiger partial charge in [-0.15, -0.1) is 12.4 Å². The Hall–Kier alpha value is -1.10. The number of hydrogen-bond donors (Lipinski definition) is 2. The molecule has 2 unspecified atom stereocenters. The van der Waals surface area contributed by atoms with E-state index in [9.17, 15) is 4.79 Å². The van der Waals surface area contributed by atoms with Crippen molar-refractivity contribution in [2.45, 2.75) is 26.5 Å². The lowest BCUT2D eigenvalue weighted by Crippen LogP contribution is -2.34. The minimum atomic E-state index is -0.217. The van der Waals surface area contributed by atoms with Crippen molar-refractivity contribution in [3.05, 3.63) is 29.8 Å². The van der Waals surface area contributed by atoms with Crippen molar-refractivity contribution in [2.24, 2.45) is 11.7 Å². The molecule has 0 aromatic heterocycles. The van der Waals surface area contributed by atoms with Crippen LogP contribution in [0.5, 0.6) is 0 Å². The molecule has 1 rings (SSSR count). The number of amides is 1. The van der Waals surface area contributed by atoms with Crippen molar-refractivity contribution in [3.8, 4) is 0 Å². The molecule has 0 spiro atoms. The largest absolute Gasteiger partial charge is 0.380 e. The van der Waals surface area contributed by atoms with E-state index in [0.29, 0.717) is 6.61 Å². The second kappa shape index (κ2) is 8.08. The molecule has 0 radical (unpaired) electrons. The van der Waals surface area contributed by atoms with Gasteiger partial charge in [0.25, 0.3) is 0 Å². The molecule has 0 aliphatic rings. The maximum absolute atomic E-state index is 11.9. The Kier molecular flexibility index (Phi) is 7.59. The summed E-state index contributed by atoms with van der Waals surface area (Å²) < 4.78 is 5.08. The molecule has 5 heteroatoms. The van der Waals surface area contributed by atoms with E-state index in [-0.39, 0.29) is 30.3 Å². The van der Waals surface area contributed by atoms with Crippen LogP contribution in [0.4, 0.5) is 5.69 Å². The number of benzene rings is 1. The summed E-state index contributed by atoms with van der Waals surface area (Å²) in [5.74, 6) is -0.283. The molecule has 0 bridgehead atoms. The van der Waals surface area contributed by atoms with E-state index in [0.717, 1.165) is 11.3 Å². The third-order valence-corrected chi connectivity index (χ3v) is 2.78. The van der Waals surface area contributed by atoms with Crippen molar-refractivity contribution in [1.29, 1.82) is 0 Å². The molecule has 102 valence electrons. The van der Waals surface area contributed by atoms with E-state index in [1.165, 1.54) is 0 Å². The van der Waals surface area contributed by atoms with Crippen LogP contribution in [0.15, 0.2) is 24.3 Å². The van der Waals surface area contributed by atoms with Gasteiger partial charge in [0.15, 0.2) is 0 Å². The van der Waals surface area contributed by atoms with Crippen molar-refractivity contribution in [1.82, 2.24) is 0 Å². The highest BCUT2D eigenvalue weighted by atomic mass is 35.5. The number of carbonyl (C=O) groups is 1. The quantitative estimate of drug-likeness (QED) is 0.863. The van der Waals surface area contributed by atoms with Gasteiger partial charge in [0.1, 0.15) is 0 Å².